The zero-order valence-corrected chi connectivity index (χ0v) is 14.2. The lowest BCUT2D eigenvalue weighted by Gasteiger charge is -2.07. The van der Waals surface area contributed by atoms with Gasteiger partial charge in [0.15, 0.2) is 5.96 Å². The van der Waals surface area contributed by atoms with Gasteiger partial charge in [-0.3, -0.25) is 4.99 Å². The molecule has 0 saturated heterocycles. The van der Waals surface area contributed by atoms with Crippen LogP contribution in [0.5, 0.6) is 0 Å². The molecule has 1 aromatic rings. The van der Waals surface area contributed by atoms with E-state index in [-0.39, 0.29) is 24.0 Å². The Kier molecular flexibility index (Phi) is 9.59. The number of hydrogen-bond donors (Lipinski definition) is 2. The Morgan fingerprint density at radius 1 is 1.42 bits per heavy atom. The second-order valence-electron chi connectivity index (χ2n) is 4.73. The summed E-state index contributed by atoms with van der Waals surface area (Å²) < 4.78 is 5.42. The molecule has 0 saturated carbocycles. The van der Waals surface area contributed by atoms with E-state index >= 15 is 0 Å². The number of hydrogen-bond acceptors (Lipinski definition) is 2. The van der Waals surface area contributed by atoms with Gasteiger partial charge < -0.3 is 15.8 Å². The molecule has 0 aliphatic heterocycles. The second-order valence-corrected chi connectivity index (χ2v) is 4.73. The van der Waals surface area contributed by atoms with Crippen molar-refractivity contribution in [2.75, 3.05) is 25.1 Å². The Balaban J connectivity index is 0.00000324. The first-order valence-electron chi connectivity index (χ1n) is 6.29. The highest BCUT2D eigenvalue weighted by molar-refractivity contribution is 14.0. The number of aliphatic imine (C=N–C) groups is 1. The molecule has 0 heterocycles. The maximum absolute atomic E-state index is 5.78. The molecule has 0 aliphatic rings. The van der Waals surface area contributed by atoms with Crippen LogP contribution in [-0.2, 0) is 4.74 Å². The average molecular weight is 377 g/mol. The van der Waals surface area contributed by atoms with Crippen molar-refractivity contribution < 1.29 is 4.74 Å². The van der Waals surface area contributed by atoms with Crippen LogP contribution in [0.3, 0.4) is 0 Å². The van der Waals surface area contributed by atoms with Gasteiger partial charge in [-0.25, -0.2) is 0 Å². The molecule has 3 N–H and O–H groups in total. The van der Waals surface area contributed by atoms with Gasteiger partial charge in [-0.05, 0) is 30.5 Å². The molecule has 0 spiro atoms. The van der Waals surface area contributed by atoms with Gasteiger partial charge in [0.1, 0.15) is 0 Å². The third-order valence-corrected chi connectivity index (χ3v) is 2.26. The lowest BCUT2D eigenvalue weighted by atomic mass is 10.2. The summed E-state index contributed by atoms with van der Waals surface area (Å²) in [4.78, 5) is 4.20. The lowest BCUT2D eigenvalue weighted by Crippen LogP contribution is -2.23. The van der Waals surface area contributed by atoms with Gasteiger partial charge in [0.2, 0.25) is 0 Å². The van der Waals surface area contributed by atoms with E-state index in [4.69, 9.17) is 10.5 Å². The molecule has 0 aliphatic carbocycles. The van der Waals surface area contributed by atoms with Crippen LogP contribution in [0.4, 0.5) is 5.69 Å². The van der Waals surface area contributed by atoms with Crippen LogP contribution in [0.15, 0.2) is 29.3 Å². The maximum atomic E-state index is 5.78. The van der Waals surface area contributed by atoms with E-state index in [1.54, 1.807) is 0 Å². The molecule has 0 unspecified atom stereocenters. The quantitative estimate of drug-likeness (QED) is 0.347. The van der Waals surface area contributed by atoms with Crippen molar-refractivity contribution in [3.63, 3.8) is 0 Å². The Labute approximate surface area is 132 Å². The maximum Gasteiger partial charge on any atom is 0.193 e. The number of nitrogens with two attached hydrogens (primary N) is 1. The molecule has 0 aromatic heterocycles. The smallest absolute Gasteiger partial charge is 0.193 e. The normalized spacial score (nSPS) is 11.3. The fourth-order valence-corrected chi connectivity index (χ4v) is 1.46. The number of ether oxygens (including phenoxy) is 1. The van der Waals surface area contributed by atoms with E-state index in [1.807, 2.05) is 31.2 Å². The van der Waals surface area contributed by atoms with Crippen LogP contribution in [0.25, 0.3) is 0 Å². The van der Waals surface area contributed by atoms with Crippen LogP contribution in [0.2, 0.25) is 0 Å². The van der Waals surface area contributed by atoms with Crippen molar-refractivity contribution >= 4 is 35.6 Å². The van der Waals surface area contributed by atoms with Crippen molar-refractivity contribution in [1.29, 1.82) is 0 Å². The second kappa shape index (κ2) is 10.0. The van der Waals surface area contributed by atoms with Crippen molar-refractivity contribution in [1.82, 2.24) is 0 Å². The molecule has 0 fully saturated rings. The van der Waals surface area contributed by atoms with E-state index in [0.717, 1.165) is 12.3 Å². The molecule has 0 amide bonds. The Morgan fingerprint density at radius 3 is 2.79 bits per heavy atom. The van der Waals surface area contributed by atoms with Crippen LogP contribution < -0.4 is 11.1 Å². The highest BCUT2D eigenvalue weighted by atomic mass is 127. The van der Waals surface area contributed by atoms with Gasteiger partial charge >= 0.3 is 0 Å². The van der Waals surface area contributed by atoms with Crippen LogP contribution in [0, 0.1) is 12.8 Å². The third kappa shape index (κ3) is 8.83. The molecule has 0 atom stereocenters. The zero-order chi connectivity index (χ0) is 13.4. The number of nitrogens with zero attached hydrogens (tertiary/aromatic N) is 1. The van der Waals surface area contributed by atoms with E-state index in [0.29, 0.717) is 25.0 Å². The number of nitrogens with one attached hydrogen (secondary N) is 1. The summed E-state index contributed by atoms with van der Waals surface area (Å²) in [6.45, 7) is 8.23. The minimum absolute atomic E-state index is 0. The van der Waals surface area contributed by atoms with Gasteiger partial charge in [-0.1, -0.05) is 26.0 Å². The van der Waals surface area contributed by atoms with Gasteiger partial charge in [0.05, 0.1) is 13.2 Å². The van der Waals surface area contributed by atoms with E-state index in [2.05, 4.69) is 24.2 Å². The summed E-state index contributed by atoms with van der Waals surface area (Å²) in [6.07, 6.45) is 0. The minimum atomic E-state index is 0. The average Bonchev–Trinajstić information content (AvgIpc) is 2.28. The number of guanidine groups is 1. The monoisotopic (exact) mass is 377 g/mol. The highest BCUT2D eigenvalue weighted by Gasteiger charge is 1.96. The highest BCUT2D eigenvalue weighted by Crippen LogP contribution is 2.08. The summed E-state index contributed by atoms with van der Waals surface area (Å²) in [5, 5.41) is 3.05. The fourth-order valence-electron chi connectivity index (χ4n) is 1.46. The molecule has 1 rings (SSSR count). The van der Waals surface area contributed by atoms with Gasteiger partial charge in [0.25, 0.3) is 0 Å². The van der Waals surface area contributed by atoms with Gasteiger partial charge in [0, 0.05) is 12.3 Å². The minimum Gasteiger partial charge on any atom is -0.379 e. The zero-order valence-electron chi connectivity index (χ0n) is 11.8. The molecule has 108 valence electrons. The lowest BCUT2D eigenvalue weighted by molar-refractivity contribution is 0.117. The van der Waals surface area contributed by atoms with Crippen molar-refractivity contribution in [2.45, 2.75) is 20.8 Å². The van der Waals surface area contributed by atoms with Crippen LogP contribution in [0.1, 0.15) is 19.4 Å². The van der Waals surface area contributed by atoms with E-state index in [9.17, 15) is 0 Å². The predicted molar refractivity (Wildman–Crippen MR) is 92.4 cm³/mol. The van der Waals surface area contributed by atoms with Gasteiger partial charge in [-0.15, -0.1) is 24.0 Å². The molecule has 19 heavy (non-hydrogen) atoms. The van der Waals surface area contributed by atoms with E-state index < -0.39 is 0 Å². The molecule has 0 bridgehead atoms. The van der Waals surface area contributed by atoms with Crippen molar-refractivity contribution in [2.24, 2.45) is 16.6 Å². The van der Waals surface area contributed by atoms with Crippen LogP contribution in [-0.4, -0.2) is 25.7 Å². The molecule has 4 nitrogen and oxygen atoms in total. The Hall–Kier alpha value is -0.820. The molecule has 5 heteroatoms. The van der Waals surface area contributed by atoms with Crippen molar-refractivity contribution in [3.8, 4) is 0 Å². The number of anilines is 1. The molecule has 0 radical (unpaired) electrons. The first-order valence-corrected chi connectivity index (χ1v) is 6.29. The largest absolute Gasteiger partial charge is 0.379 e. The van der Waals surface area contributed by atoms with E-state index in [1.165, 1.54) is 5.56 Å². The molecule has 1 aromatic carbocycles. The summed E-state index contributed by atoms with van der Waals surface area (Å²) in [6, 6.07) is 8.01. The number of aryl methyl sites for hydroxylation is 1. The third-order valence-electron chi connectivity index (χ3n) is 2.26. The number of benzene rings is 1. The topological polar surface area (TPSA) is 59.6 Å². The Morgan fingerprint density at radius 2 is 2.16 bits per heavy atom. The summed E-state index contributed by atoms with van der Waals surface area (Å²) in [7, 11) is 0. The first-order chi connectivity index (χ1) is 8.58. The predicted octanol–water partition coefficient (Wildman–Crippen LogP) is 3.01. The molecular formula is C14H24IN3O. The fraction of sp³-hybridized carbons (Fsp3) is 0.500. The SMILES string of the molecule is Cc1cccc(NC(N)=NCCOCC(C)C)c1.I. The Bertz CT molecular complexity index is 394. The molecular weight excluding hydrogens is 353 g/mol. The van der Waals surface area contributed by atoms with Crippen molar-refractivity contribution in [3.05, 3.63) is 29.8 Å². The summed E-state index contributed by atoms with van der Waals surface area (Å²) in [5.74, 6) is 0.977. The standard InChI is InChI=1S/C14H23N3O.HI/c1-11(2)10-18-8-7-16-14(15)17-13-6-4-5-12(3)9-13;/h4-6,9,11H,7-8,10H2,1-3H3,(H3,15,16,17);1H. The number of rotatable bonds is 6. The first kappa shape index (κ1) is 18.2. The van der Waals surface area contributed by atoms with Crippen LogP contribution >= 0.6 is 24.0 Å². The van der Waals surface area contributed by atoms with Gasteiger partial charge in [-0.2, -0.15) is 0 Å². The summed E-state index contributed by atoms with van der Waals surface area (Å²) >= 11 is 0. The summed E-state index contributed by atoms with van der Waals surface area (Å²) in [5.41, 5.74) is 7.93. The number of halogens is 1.